The molecule has 0 aliphatic carbocycles. The lowest BCUT2D eigenvalue weighted by Crippen LogP contribution is -2.43. The number of anilines is 2. The van der Waals surface area contributed by atoms with Crippen LogP contribution in [0.25, 0.3) is 0 Å². The largest absolute Gasteiger partial charge is 0.479 e. The molecule has 8 nitrogen and oxygen atoms in total. The summed E-state index contributed by atoms with van der Waals surface area (Å²) in [5.74, 6) is -0.323. The second-order valence-electron chi connectivity index (χ2n) is 8.50. The third-order valence-electron chi connectivity index (χ3n) is 5.79. The maximum absolute atomic E-state index is 13.6. The molecule has 2 amide bonds. The Bertz CT molecular complexity index is 1190. The molecule has 1 fully saturated rings. The molecular formula is C23H27N3O5S. The summed E-state index contributed by atoms with van der Waals surface area (Å²) in [6.45, 7) is 7.41. The Morgan fingerprint density at radius 2 is 1.81 bits per heavy atom. The van der Waals surface area contributed by atoms with Gasteiger partial charge >= 0.3 is 0 Å². The van der Waals surface area contributed by atoms with Gasteiger partial charge < -0.3 is 15.4 Å². The Morgan fingerprint density at radius 1 is 1.12 bits per heavy atom. The van der Waals surface area contributed by atoms with Crippen molar-refractivity contribution >= 4 is 33.2 Å². The van der Waals surface area contributed by atoms with Crippen molar-refractivity contribution in [3.8, 4) is 5.75 Å². The summed E-state index contributed by atoms with van der Waals surface area (Å²) in [6.07, 6.45) is 0.324. The van der Waals surface area contributed by atoms with Gasteiger partial charge in [0.1, 0.15) is 11.8 Å². The molecule has 2 heterocycles. The topological polar surface area (TPSA) is 105 Å². The number of carbonyl (C=O) groups excluding carboxylic acids is 2. The van der Waals surface area contributed by atoms with Gasteiger partial charge in [-0.2, -0.15) is 4.31 Å². The highest BCUT2D eigenvalue weighted by Crippen LogP contribution is 2.37. The minimum atomic E-state index is -3.96. The van der Waals surface area contributed by atoms with Crippen LogP contribution < -0.4 is 15.4 Å². The van der Waals surface area contributed by atoms with E-state index >= 15 is 0 Å². The molecule has 2 N–H and O–H groups in total. The van der Waals surface area contributed by atoms with Crippen LogP contribution in [0, 0.1) is 20.8 Å². The molecule has 0 saturated carbocycles. The van der Waals surface area contributed by atoms with Crippen LogP contribution in [0.2, 0.25) is 0 Å². The van der Waals surface area contributed by atoms with Gasteiger partial charge in [0.15, 0.2) is 6.10 Å². The number of fused-ring (bicyclic) bond motifs is 1. The van der Waals surface area contributed by atoms with Crippen molar-refractivity contribution in [2.24, 2.45) is 0 Å². The van der Waals surface area contributed by atoms with Gasteiger partial charge in [0.2, 0.25) is 15.9 Å². The van der Waals surface area contributed by atoms with Crippen molar-refractivity contribution in [2.45, 2.75) is 57.6 Å². The van der Waals surface area contributed by atoms with Gasteiger partial charge in [-0.15, -0.1) is 0 Å². The fourth-order valence-corrected chi connectivity index (χ4v) is 6.19. The molecule has 0 spiro atoms. The van der Waals surface area contributed by atoms with Crippen LogP contribution in [0.15, 0.2) is 35.2 Å². The van der Waals surface area contributed by atoms with Crippen molar-refractivity contribution in [1.82, 2.24) is 4.31 Å². The Morgan fingerprint density at radius 3 is 2.50 bits per heavy atom. The van der Waals surface area contributed by atoms with Gasteiger partial charge in [0, 0.05) is 18.3 Å². The van der Waals surface area contributed by atoms with E-state index in [0.717, 1.165) is 11.1 Å². The van der Waals surface area contributed by atoms with Crippen molar-refractivity contribution in [2.75, 3.05) is 17.2 Å². The summed E-state index contributed by atoms with van der Waals surface area (Å²) in [5, 5.41) is 5.60. The molecule has 4 rings (SSSR count). The number of sulfonamides is 1. The number of nitrogens with one attached hydrogen (secondary N) is 2. The lowest BCUT2D eigenvalue weighted by Gasteiger charge is -2.27. The molecule has 2 aromatic carbocycles. The van der Waals surface area contributed by atoms with Crippen LogP contribution in [0.5, 0.6) is 5.75 Å². The number of carbonyl (C=O) groups is 2. The van der Waals surface area contributed by atoms with E-state index in [2.05, 4.69) is 10.6 Å². The van der Waals surface area contributed by atoms with E-state index in [9.17, 15) is 18.0 Å². The van der Waals surface area contributed by atoms with E-state index in [1.54, 1.807) is 19.9 Å². The standard InChI is InChI=1S/C23H27N3O5S/c1-13-8-14(2)10-17(9-13)24-23(28)19-6-5-7-26(19)32(29,30)21-12-20-18(11-15(21)3)25-22(27)16(4)31-20/h8-12,16,19H,5-7H2,1-4H3,(H,24,28)(H,25,27)/t16-,19+/m0/s1. The molecule has 0 radical (unpaired) electrons. The average molecular weight is 458 g/mol. The molecule has 2 atom stereocenters. The first-order valence-electron chi connectivity index (χ1n) is 10.6. The number of rotatable bonds is 4. The van der Waals surface area contributed by atoms with Crippen LogP contribution in [-0.2, 0) is 19.6 Å². The van der Waals surface area contributed by atoms with Gasteiger partial charge in [-0.3, -0.25) is 9.59 Å². The second-order valence-corrected chi connectivity index (χ2v) is 10.4. The third-order valence-corrected chi connectivity index (χ3v) is 7.84. The van der Waals surface area contributed by atoms with E-state index in [-0.39, 0.29) is 23.3 Å². The molecule has 32 heavy (non-hydrogen) atoms. The van der Waals surface area contributed by atoms with Crippen LogP contribution in [0.3, 0.4) is 0 Å². The number of hydrogen-bond donors (Lipinski definition) is 2. The molecule has 170 valence electrons. The second kappa shape index (κ2) is 8.22. The summed E-state index contributed by atoms with van der Waals surface area (Å²) >= 11 is 0. The zero-order valence-electron chi connectivity index (χ0n) is 18.6. The molecule has 9 heteroatoms. The highest BCUT2D eigenvalue weighted by atomic mass is 32.2. The maximum Gasteiger partial charge on any atom is 0.265 e. The fourth-order valence-electron chi connectivity index (χ4n) is 4.31. The summed E-state index contributed by atoms with van der Waals surface area (Å²) < 4.78 is 34.0. The van der Waals surface area contributed by atoms with Gasteiger partial charge in [-0.1, -0.05) is 6.07 Å². The zero-order chi connectivity index (χ0) is 23.2. The van der Waals surface area contributed by atoms with E-state index in [4.69, 9.17) is 4.74 Å². The first kappa shape index (κ1) is 22.3. The Labute approximate surface area is 188 Å². The fraction of sp³-hybridized carbons (Fsp3) is 0.391. The predicted molar refractivity (Wildman–Crippen MR) is 121 cm³/mol. The highest BCUT2D eigenvalue weighted by Gasteiger charge is 2.40. The first-order valence-corrected chi connectivity index (χ1v) is 12.0. The van der Waals surface area contributed by atoms with Gasteiger partial charge in [-0.25, -0.2) is 8.42 Å². The molecular weight excluding hydrogens is 430 g/mol. The molecule has 1 saturated heterocycles. The quantitative estimate of drug-likeness (QED) is 0.734. The highest BCUT2D eigenvalue weighted by molar-refractivity contribution is 7.89. The molecule has 2 aliphatic rings. The Balaban J connectivity index is 1.62. The van der Waals surface area contributed by atoms with Crippen LogP contribution in [0.4, 0.5) is 11.4 Å². The summed E-state index contributed by atoms with van der Waals surface area (Å²) in [4.78, 5) is 25.0. The molecule has 0 unspecified atom stereocenters. The average Bonchev–Trinajstić information content (AvgIpc) is 3.19. The normalized spacial score (nSPS) is 20.9. The van der Waals surface area contributed by atoms with E-state index in [1.165, 1.54) is 10.4 Å². The number of nitrogens with zero attached hydrogens (tertiary/aromatic N) is 1. The third kappa shape index (κ3) is 4.10. The maximum atomic E-state index is 13.6. The van der Waals surface area contributed by atoms with E-state index in [1.807, 2.05) is 32.0 Å². The Hall–Kier alpha value is -2.91. The van der Waals surface area contributed by atoms with Crippen LogP contribution >= 0.6 is 0 Å². The van der Waals surface area contributed by atoms with Gasteiger partial charge in [0.25, 0.3) is 5.91 Å². The SMILES string of the molecule is Cc1cc(C)cc(NC(=O)[C@H]2CCCN2S(=O)(=O)c2cc3c(cc2C)NC(=O)[C@H](C)O3)c1. The van der Waals surface area contributed by atoms with E-state index in [0.29, 0.717) is 35.5 Å². The summed E-state index contributed by atoms with van der Waals surface area (Å²) in [6, 6.07) is 7.96. The van der Waals surface area contributed by atoms with E-state index < -0.39 is 22.2 Å². The van der Waals surface area contributed by atoms with Crippen molar-refractivity contribution in [1.29, 1.82) is 0 Å². The van der Waals surface area contributed by atoms with Gasteiger partial charge in [0.05, 0.1) is 10.6 Å². The van der Waals surface area contributed by atoms with Crippen LogP contribution in [-0.4, -0.2) is 43.2 Å². The minimum Gasteiger partial charge on any atom is -0.479 e. The van der Waals surface area contributed by atoms with Crippen molar-refractivity contribution in [3.05, 3.63) is 47.0 Å². The number of ether oxygens (including phenoxy) is 1. The molecule has 2 aromatic rings. The number of aryl methyl sites for hydroxylation is 3. The minimum absolute atomic E-state index is 0.0747. The van der Waals surface area contributed by atoms with Crippen molar-refractivity contribution < 1.29 is 22.7 Å². The first-order chi connectivity index (χ1) is 15.1. The van der Waals surface area contributed by atoms with Crippen molar-refractivity contribution in [3.63, 3.8) is 0 Å². The lowest BCUT2D eigenvalue weighted by molar-refractivity contribution is -0.122. The molecule has 0 aromatic heterocycles. The number of amides is 2. The number of benzene rings is 2. The molecule has 2 aliphatic heterocycles. The Kier molecular flexibility index (Phi) is 5.72. The van der Waals surface area contributed by atoms with Gasteiger partial charge in [-0.05, 0) is 75.4 Å². The smallest absolute Gasteiger partial charge is 0.265 e. The predicted octanol–water partition coefficient (Wildman–Crippen LogP) is 3.12. The summed E-state index contributed by atoms with van der Waals surface area (Å²) in [7, 11) is -3.96. The lowest BCUT2D eigenvalue weighted by atomic mass is 10.1. The number of hydrogen-bond acceptors (Lipinski definition) is 5. The van der Waals surface area contributed by atoms with Crippen LogP contribution in [0.1, 0.15) is 36.5 Å². The zero-order valence-corrected chi connectivity index (χ0v) is 19.4. The molecule has 0 bridgehead atoms. The summed E-state index contributed by atoms with van der Waals surface area (Å²) in [5.41, 5.74) is 3.60. The monoisotopic (exact) mass is 457 g/mol.